The van der Waals surface area contributed by atoms with Gasteiger partial charge in [-0.05, 0) is 30.2 Å². The molecule has 1 nitrogen and oxygen atoms in total. The average Bonchev–Trinajstić information content (AvgIpc) is 2.62. The summed E-state index contributed by atoms with van der Waals surface area (Å²) < 4.78 is 14.0. The Morgan fingerprint density at radius 3 is 2.65 bits per heavy atom. The second-order valence-corrected chi connectivity index (χ2v) is 5.79. The second kappa shape index (κ2) is 4.94. The van der Waals surface area contributed by atoms with E-state index in [2.05, 4.69) is 0 Å². The van der Waals surface area contributed by atoms with Crippen molar-refractivity contribution in [3.63, 3.8) is 0 Å². The highest BCUT2D eigenvalue weighted by atomic mass is 35.5. The van der Waals surface area contributed by atoms with Gasteiger partial charge in [-0.1, -0.05) is 35.3 Å². The van der Waals surface area contributed by atoms with Crippen LogP contribution in [0.3, 0.4) is 0 Å². The Hall–Kier alpha value is -0.610. The minimum atomic E-state index is -0.459. The lowest BCUT2D eigenvalue weighted by molar-refractivity contribution is 0.624. The van der Waals surface area contributed by atoms with E-state index in [-0.39, 0.29) is 5.02 Å². The molecule has 0 saturated heterocycles. The van der Waals surface area contributed by atoms with Gasteiger partial charge < -0.3 is 5.73 Å². The van der Waals surface area contributed by atoms with Crippen LogP contribution in [0.4, 0.5) is 4.39 Å². The summed E-state index contributed by atoms with van der Waals surface area (Å²) in [5.41, 5.74) is 7.61. The van der Waals surface area contributed by atoms with Gasteiger partial charge in [0.05, 0.1) is 15.4 Å². The van der Waals surface area contributed by atoms with Gasteiger partial charge in [0, 0.05) is 4.88 Å². The summed E-state index contributed by atoms with van der Waals surface area (Å²) in [6, 6.07) is 6.08. The van der Waals surface area contributed by atoms with Crippen LogP contribution in [0.5, 0.6) is 0 Å². The van der Waals surface area contributed by atoms with Crippen LogP contribution >= 0.6 is 34.5 Å². The predicted octanol–water partition coefficient (Wildman–Crippen LogP) is 4.55. The molecule has 1 atom stereocenters. The molecule has 1 heterocycles. The smallest absolute Gasteiger partial charge is 0.142 e. The molecule has 5 heteroatoms. The number of hydrogen-bond acceptors (Lipinski definition) is 2. The van der Waals surface area contributed by atoms with Crippen LogP contribution in [0.2, 0.25) is 9.36 Å². The molecule has 0 aliphatic rings. The molecule has 0 amide bonds. The molecule has 0 aliphatic heterocycles. The van der Waals surface area contributed by atoms with Gasteiger partial charge in [0.15, 0.2) is 0 Å². The van der Waals surface area contributed by atoms with Gasteiger partial charge in [-0.3, -0.25) is 0 Å². The van der Waals surface area contributed by atoms with Crippen molar-refractivity contribution in [2.75, 3.05) is 0 Å². The number of aryl methyl sites for hydroxylation is 1. The number of thiophene rings is 1. The zero-order valence-corrected chi connectivity index (χ0v) is 11.3. The fraction of sp³-hybridized carbons (Fsp3) is 0.167. The van der Waals surface area contributed by atoms with Crippen LogP contribution in [0, 0.1) is 12.7 Å². The van der Waals surface area contributed by atoms with Crippen LogP contribution < -0.4 is 5.73 Å². The van der Waals surface area contributed by atoms with Crippen LogP contribution in [-0.4, -0.2) is 0 Å². The Morgan fingerprint density at radius 1 is 1.35 bits per heavy atom. The summed E-state index contributed by atoms with van der Waals surface area (Å²) in [4.78, 5) is 0.875. The van der Waals surface area contributed by atoms with E-state index < -0.39 is 11.9 Å². The molecular weight excluding hydrogens is 280 g/mol. The van der Waals surface area contributed by atoms with E-state index >= 15 is 0 Å². The maximum Gasteiger partial charge on any atom is 0.142 e. The molecule has 2 aromatic rings. The Labute approximate surface area is 113 Å². The van der Waals surface area contributed by atoms with Gasteiger partial charge in [-0.2, -0.15) is 0 Å². The molecule has 0 aliphatic carbocycles. The number of rotatable bonds is 2. The van der Waals surface area contributed by atoms with Crippen molar-refractivity contribution < 1.29 is 4.39 Å². The fourth-order valence-corrected chi connectivity index (χ4v) is 3.03. The lowest BCUT2D eigenvalue weighted by Crippen LogP contribution is -2.11. The first-order chi connectivity index (χ1) is 8.00. The number of hydrogen-bond donors (Lipinski definition) is 1. The first-order valence-corrected chi connectivity index (χ1v) is 6.53. The molecule has 2 N–H and O–H groups in total. The third-order valence-electron chi connectivity index (χ3n) is 2.50. The largest absolute Gasteiger partial charge is 0.320 e. The van der Waals surface area contributed by atoms with Gasteiger partial charge in [0.2, 0.25) is 0 Å². The Morgan fingerprint density at radius 2 is 2.06 bits per heavy atom. The van der Waals surface area contributed by atoms with E-state index in [1.807, 2.05) is 13.0 Å². The first kappa shape index (κ1) is 12.8. The monoisotopic (exact) mass is 289 g/mol. The van der Waals surface area contributed by atoms with Crippen molar-refractivity contribution in [1.82, 2.24) is 0 Å². The van der Waals surface area contributed by atoms with E-state index in [0.717, 1.165) is 10.4 Å². The van der Waals surface area contributed by atoms with Gasteiger partial charge >= 0.3 is 0 Å². The minimum Gasteiger partial charge on any atom is -0.320 e. The zero-order valence-electron chi connectivity index (χ0n) is 9.01. The highest BCUT2D eigenvalue weighted by Crippen LogP contribution is 2.35. The lowest BCUT2D eigenvalue weighted by atomic mass is 10.1. The Bertz CT molecular complexity index is 534. The van der Waals surface area contributed by atoms with Crippen molar-refractivity contribution in [3.05, 3.63) is 55.4 Å². The Kier molecular flexibility index (Phi) is 3.73. The van der Waals surface area contributed by atoms with E-state index in [0.29, 0.717) is 9.90 Å². The molecule has 0 fully saturated rings. The SMILES string of the molecule is Cc1cc(C(N)c2cccc(F)c2Cl)sc1Cl. The van der Waals surface area contributed by atoms with Crippen molar-refractivity contribution >= 4 is 34.5 Å². The van der Waals surface area contributed by atoms with Crippen molar-refractivity contribution in [2.24, 2.45) is 5.73 Å². The molecule has 1 aromatic carbocycles. The molecule has 0 saturated carbocycles. The summed E-state index contributed by atoms with van der Waals surface area (Å²) >= 11 is 13.3. The summed E-state index contributed by atoms with van der Waals surface area (Å²) in [5.74, 6) is -0.459. The van der Waals surface area contributed by atoms with E-state index in [4.69, 9.17) is 28.9 Å². The van der Waals surface area contributed by atoms with Crippen molar-refractivity contribution in [1.29, 1.82) is 0 Å². The average molecular weight is 290 g/mol. The number of benzene rings is 1. The van der Waals surface area contributed by atoms with Gasteiger partial charge in [-0.25, -0.2) is 4.39 Å². The van der Waals surface area contributed by atoms with Gasteiger partial charge in [0.1, 0.15) is 5.82 Å². The maximum atomic E-state index is 13.3. The van der Waals surface area contributed by atoms with E-state index in [9.17, 15) is 4.39 Å². The molecule has 90 valence electrons. The molecule has 1 aromatic heterocycles. The van der Waals surface area contributed by atoms with E-state index in [1.165, 1.54) is 17.4 Å². The molecule has 17 heavy (non-hydrogen) atoms. The Balaban J connectivity index is 2.43. The van der Waals surface area contributed by atoms with Crippen LogP contribution in [-0.2, 0) is 0 Å². The van der Waals surface area contributed by atoms with Crippen molar-refractivity contribution in [3.8, 4) is 0 Å². The van der Waals surface area contributed by atoms with Crippen molar-refractivity contribution in [2.45, 2.75) is 13.0 Å². The van der Waals surface area contributed by atoms with Crippen LogP contribution in [0.1, 0.15) is 22.0 Å². The van der Waals surface area contributed by atoms with Crippen LogP contribution in [0.25, 0.3) is 0 Å². The molecular formula is C12H10Cl2FNS. The maximum absolute atomic E-state index is 13.3. The molecule has 0 bridgehead atoms. The summed E-state index contributed by atoms with van der Waals surface area (Å²) in [6.07, 6.45) is 0. The van der Waals surface area contributed by atoms with E-state index in [1.54, 1.807) is 12.1 Å². The predicted molar refractivity (Wildman–Crippen MR) is 71.5 cm³/mol. The zero-order chi connectivity index (χ0) is 12.6. The standard InChI is InChI=1S/C12H10Cl2FNS/c1-6-5-9(17-12(6)14)11(16)7-3-2-4-8(15)10(7)13/h2-5,11H,16H2,1H3. The third kappa shape index (κ3) is 2.47. The highest BCUT2D eigenvalue weighted by molar-refractivity contribution is 7.16. The minimum absolute atomic E-state index is 0.0715. The summed E-state index contributed by atoms with van der Waals surface area (Å²) in [7, 11) is 0. The normalized spacial score (nSPS) is 12.8. The number of nitrogens with two attached hydrogens (primary N) is 1. The topological polar surface area (TPSA) is 26.0 Å². The molecule has 2 rings (SSSR count). The highest BCUT2D eigenvalue weighted by Gasteiger charge is 2.17. The van der Waals surface area contributed by atoms with Gasteiger partial charge in [-0.15, -0.1) is 11.3 Å². The number of halogens is 3. The second-order valence-electron chi connectivity index (χ2n) is 3.73. The summed E-state index contributed by atoms with van der Waals surface area (Å²) in [6.45, 7) is 1.90. The van der Waals surface area contributed by atoms with Gasteiger partial charge in [0.25, 0.3) is 0 Å². The quantitative estimate of drug-likeness (QED) is 0.862. The molecule has 0 spiro atoms. The first-order valence-electron chi connectivity index (χ1n) is 4.96. The molecule has 0 radical (unpaired) electrons. The lowest BCUT2D eigenvalue weighted by Gasteiger charge is -2.12. The third-order valence-corrected chi connectivity index (χ3v) is 4.54. The molecule has 1 unspecified atom stereocenters. The summed E-state index contributed by atoms with van der Waals surface area (Å²) in [5, 5.41) is 0.0715. The van der Waals surface area contributed by atoms with Crippen LogP contribution in [0.15, 0.2) is 24.3 Å². The fourth-order valence-electron chi connectivity index (χ4n) is 1.55.